The lowest BCUT2D eigenvalue weighted by Gasteiger charge is -2.25. The van der Waals surface area contributed by atoms with E-state index in [0.29, 0.717) is 6.04 Å². The summed E-state index contributed by atoms with van der Waals surface area (Å²) in [4.78, 5) is 2.42. The van der Waals surface area contributed by atoms with Gasteiger partial charge in [-0.3, -0.25) is 0 Å². The van der Waals surface area contributed by atoms with Gasteiger partial charge in [0.25, 0.3) is 0 Å². The Balaban J connectivity index is 0. The van der Waals surface area contributed by atoms with Crippen molar-refractivity contribution in [2.45, 2.75) is 33.2 Å². The number of nitrogens with two attached hydrogens (primary N) is 1. The minimum atomic E-state index is 0. The molecule has 0 heterocycles. The Morgan fingerprint density at radius 1 is 1.27 bits per heavy atom. The first kappa shape index (κ1) is 14.0. The molecule has 0 aromatic carbocycles. The molecule has 1 unspecified atom stereocenters. The summed E-state index contributed by atoms with van der Waals surface area (Å²) in [6.07, 6.45) is 1.11. The van der Waals surface area contributed by atoms with Gasteiger partial charge in [0.1, 0.15) is 0 Å². The van der Waals surface area contributed by atoms with Crippen molar-refractivity contribution >= 4 is 17.0 Å². The van der Waals surface area contributed by atoms with E-state index < -0.39 is 0 Å². The fourth-order valence-corrected chi connectivity index (χ4v) is 1.27. The van der Waals surface area contributed by atoms with Crippen molar-refractivity contribution in [2.24, 2.45) is 5.73 Å². The van der Waals surface area contributed by atoms with Crippen LogP contribution in [0.3, 0.4) is 0 Å². The van der Waals surface area contributed by atoms with E-state index in [-0.39, 0.29) is 17.0 Å². The summed E-state index contributed by atoms with van der Waals surface area (Å²) >= 11 is 0. The summed E-state index contributed by atoms with van der Waals surface area (Å²) in [6.45, 7) is 9.69. The average Bonchev–Trinajstić information content (AvgIpc) is 1.91. The van der Waals surface area contributed by atoms with Crippen LogP contribution in [0.1, 0.15) is 27.2 Å². The predicted molar refractivity (Wildman–Crippen MR) is 56.4 cm³/mol. The second-order valence-corrected chi connectivity index (χ2v) is 2.65. The highest BCUT2D eigenvalue weighted by atomic mass is 79.9. The molecule has 0 bridgehead atoms. The van der Waals surface area contributed by atoms with Crippen molar-refractivity contribution in [3.8, 4) is 0 Å². The molecule has 0 saturated heterocycles. The molecule has 0 fully saturated rings. The first-order valence-electron chi connectivity index (χ1n) is 4.20. The molecular formula is C8H21BrN2. The van der Waals surface area contributed by atoms with Crippen LogP contribution in [-0.2, 0) is 0 Å². The Labute approximate surface area is 80.9 Å². The van der Waals surface area contributed by atoms with Crippen LogP contribution in [0.15, 0.2) is 0 Å². The molecule has 0 rings (SSSR count). The lowest BCUT2D eigenvalue weighted by Crippen LogP contribution is -2.34. The van der Waals surface area contributed by atoms with Crippen molar-refractivity contribution in [1.82, 2.24) is 4.90 Å². The minimum Gasteiger partial charge on any atom is -0.330 e. The number of hydrogen-bond donors (Lipinski definition) is 1. The van der Waals surface area contributed by atoms with E-state index in [9.17, 15) is 0 Å². The number of nitrogens with zero attached hydrogens (tertiary/aromatic N) is 1. The van der Waals surface area contributed by atoms with E-state index in [4.69, 9.17) is 5.73 Å². The Morgan fingerprint density at radius 3 is 2.00 bits per heavy atom. The minimum absolute atomic E-state index is 0. The van der Waals surface area contributed by atoms with Crippen molar-refractivity contribution < 1.29 is 0 Å². The van der Waals surface area contributed by atoms with Gasteiger partial charge in [0, 0.05) is 6.04 Å². The van der Waals surface area contributed by atoms with Crippen molar-refractivity contribution in [2.75, 3.05) is 19.6 Å². The molecule has 0 radical (unpaired) electrons. The van der Waals surface area contributed by atoms with E-state index in [0.717, 1.165) is 26.1 Å². The molecule has 0 aromatic heterocycles. The normalized spacial score (nSPS) is 12.8. The zero-order valence-corrected chi connectivity index (χ0v) is 9.55. The molecule has 0 amide bonds. The maximum Gasteiger partial charge on any atom is 0.00786 e. The van der Waals surface area contributed by atoms with E-state index in [1.54, 1.807) is 0 Å². The third kappa shape index (κ3) is 5.65. The second kappa shape index (κ2) is 8.50. The van der Waals surface area contributed by atoms with Gasteiger partial charge < -0.3 is 10.6 Å². The van der Waals surface area contributed by atoms with Gasteiger partial charge >= 0.3 is 0 Å². The Bertz CT molecular complexity index is 74.5. The first-order chi connectivity index (χ1) is 4.76. The summed E-state index contributed by atoms with van der Waals surface area (Å²) < 4.78 is 0. The highest BCUT2D eigenvalue weighted by Gasteiger charge is 2.07. The van der Waals surface area contributed by atoms with E-state index in [1.165, 1.54) is 0 Å². The summed E-state index contributed by atoms with van der Waals surface area (Å²) in [5, 5.41) is 0. The number of hydrogen-bond acceptors (Lipinski definition) is 2. The third-order valence-electron chi connectivity index (χ3n) is 2.02. The van der Waals surface area contributed by atoms with Crippen molar-refractivity contribution in [3.63, 3.8) is 0 Å². The van der Waals surface area contributed by atoms with Crippen LogP contribution >= 0.6 is 17.0 Å². The third-order valence-corrected chi connectivity index (χ3v) is 2.02. The van der Waals surface area contributed by atoms with Crippen LogP contribution in [-0.4, -0.2) is 30.6 Å². The van der Waals surface area contributed by atoms with Crippen LogP contribution in [0.4, 0.5) is 0 Å². The standard InChI is InChI=1S/C8H20N2.BrH/c1-4-10(5-2)8(3)6-7-9;/h8H,4-7,9H2,1-3H3;1H. The number of halogens is 1. The lowest BCUT2D eigenvalue weighted by atomic mass is 10.2. The smallest absolute Gasteiger partial charge is 0.00786 e. The molecule has 70 valence electrons. The largest absolute Gasteiger partial charge is 0.330 e. The van der Waals surface area contributed by atoms with Crippen LogP contribution in [0.25, 0.3) is 0 Å². The maximum absolute atomic E-state index is 5.45. The van der Waals surface area contributed by atoms with Gasteiger partial charge in [-0.1, -0.05) is 13.8 Å². The quantitative estimate of drug-likeness (QED) is 0.770. The monoisotopic (exact) mass is 224 g/mol. The van der Waals surface area contributed by atoms with E-state index in [2.05, 4.69) is 25.7 Å². The fourth-order valence-electron chi connectivity index (χ4n) is 1.27. The summed E-state index contributed by atoms with van der Waals surface area (Å²) in [6, 6.07) is 0.653. The van der Waals surface area contributed by atoms with Crippen LogP contribution in [0.5, 0.6) is 0 Å². The van der Waals surface area contributed by atoms with Crippen LogP contribution in [0.2, 0.25) is 0 Å². The molecule has 3 heteroatoms. The number of rotatable bonds is 5. The second-order valence-electron chi connectivity index (χ2n) is 2.65. The lowest BCUT2D eigenvalue weighted by molar-refractivity contribution is 0.223. The van der Waals surface area contributed by atoms with Crippen LogP contribution in [0, 0.1) is 0 Å². The molecule has 0 spiro atoms. The molecule has 2 nitrogen and oxygen atoms in total. The first-order valence-corrected chi connectivity index (χ1v) is 4.20. The summed E-state index contributed by atoms with van der Waals surface area (Å²) in [7, 11) is 0. The van der Waals surface area contributed by atoms with Crippen molar-refractivity contribution in [1.29, 1.82) is 0 Å². The summed E-state index contributed by atoms with van der Waals surface area (Å²) in [5.74, 6) is 0. The van der Waals surface area contributed by atoms with Gasteiger partial charge in [0.2, 0.25) is 0 Å². The fraction of sp³-hybridized carbons (Fsp3) is 1.00. The van der Waals surface area contributed by atoms with Gasteiger partial charge in [0.15, 0.2) is 0 Å². The molecule has 0 aromatic rings. The van der Waals surface area contributed by atoms with Gasteiger partial charge in [0.05, 0.1) is 0 Å². The molecule has 11 heavy (non-hydrogen) atoms. The average molecular weight is 225 g/mol. The Hall–Kier alpha value is 0.400. The molecule has 0 aliphatic rings. The SMILES string of the molecule is Br.CCN(CC)C(C)CCN. The van der Waals surface area contributed by atoms with E-state index in [1.807, 2.05) is 0 Å². The van der Waals surface area contributed by atoms with Gasteiger partial charge in [-0.05, 0) is 33.0 Å². The molecule has 0 aliphatic carbocycles. The van der Waals surface area contributed by atoms with Gasteiger partial charge in [-0.15, -0.1) is 17.0 Å². The molecule has 2 N–H and O–H groups in total. The highest BCUT2D eigenvalue weighted by molar-refractivity contribution is 8.93. The van der Waals surface area contributed by atoms with Crippen molar-refractivity contribution in [3.05, 3.63) is 0 Å². The van der Waals surface area contributed by atoms with Gasteiger partial charge in [-0.2, -0.15) is 0 Å². The summed E-state index contributed by atoms with van der Waals surface area (Å²) in [5.41, 5.74) is 5.45. The molecular weight excluding hydrogens is 204 g/mol. The van der Waals surface area contributed by atoms with Gasteiger partial charge in [-0.25, -0.2) is 0 Å². The Kier molecular flexibility index (Phi) is 10.8. The molecule has 0 aliphatic heterocycles. The molecule has 1 atom stereocenters. The van der Waals surface area contributed by atoms with E-state index >= 15 is 0 Å². The molecule has 0 saturated carbocycles. The highest BCUT2D eigenvalue weighted by Crippen LogP contribution is 2.00. The predicted octanol–water partition coefficient (Wildman–Crippen LogP) is 1.64. The maximum atomic E-state index is 5.45. The Morgan fingerprint density at radius 2 is 1.73 bits per heavy atom. The topological polar surface area (TPSA) is 29.3 Å². The zero-order valence-electron chi connectivity index (χ0n) is 7.84. The zero-order chi connectivity index (χ0) is 7.98. The van der Waals surface area contributed by atoms with Crippen LogP contribution < -0.4 is 5.73 Å².